The van der Waals surface area contributed by atoms with Crippen LogP contribution in [0.25, 0.3) is 0 Å². The normalized spacial score (nSPS) is 24.2. The maximum atomic E-state index is 5.95. The predicted molar refractivity (Wildman–Crippen MR) is 72.1 cm³/mol. The monoisotopic (exact) mass is 246 g/mol. The second-order valence-corrected chi connectivity index (χ2v) is 5.67. The molecule has 16 heavy (non-hydrogen) atoms. The highest BCUT2D eigenvalue weighted by Gasteiger charge is 2.29. The van der Waals surface area contributed by atoms with Gasteiger partial charge in [-0.15, -0.1) is 12.4 Å². The lowest BCUT2D eigenvalue weighted by molar-refractivity contribution is 0.143. The third kappa shape index (κ3) is 4.60. The van der Waals surface area contributed by atoms with Gasteiger partial charge >= 0.3 is 0 Å². The zero-order chi connectivity index (χ0) is 10.7. The quantitative estimate of drug-likeness (QED) is 0.809. The van der Waals surface area contributed by atoms with Gasteiger partial charge in [-0.25, -0.2) is 0 Å². The van der Waals surface area contributed by atoms with Crippen molar-refractivity contribution in [2.75, 3.05) is 13.1 Å². The summed E-state index contributed by atoms with van der Waals surface area (Å²) in [6, 6.07) is 1.19. The fourth-order valence-corrected chi connectivity index (χ4v) is 2.82. The van der Waals surface area contributed by atoms with Gasteiger partial charge in [0.05, 0.1) is 0 Å². The van der Waals surface area contributed by atoms with E-state index in [4.69, 9.17) is 5.73 Å². The highest BCUT2D eigenvalue weighted by Crippen LogP contribution is 2.32. The summed E-state index contributed by atoms with van der Waals surface area (Å²) in [6.07, 6.45) is 10.1. The average molecular weight is 247 g/mol. The summed E-state index contributed by atoms with van der Waals surface area (Å²) in [5.41, 5.74) is 5.95. The van der Waals surface area contributed by atoms with Crippen LogP contribution in [0.5, 0.6) is 0 Å². The average Bonchev–Trinajstić information content (AvgIpc) is 3.01. The van der Waals surface area contributed by atoms with E-state index in [1.165, 1.54) is 51.5 Å². The molecule has 0 aromatic heterocycles. The van der Waals surface area contributed by atoms with Crippen molar-refractivity contribution in [1.82, 2.24) is 4.90 Å². The first kappa shape index (κ1) is 14.3. The second-order valence-electron chi connectivity index (χ2n) is 5.67. The Morgan fingerprint density at radius 2 is 1.75 bits per heavy atom. The van der Waals surface area contributed by atoms with E-state index >= 15 is 0 Å². The van der Waals surface area contributed by atoms with Crippen molar-refractivity contribution in [1.29, 1.82) is 0 Å². The van der Waals surface area contributed by atoms with Gasteiger partial charge in [0.1, 0.15) is 0 Å². The molecule has 0 aromatic rings. The molecule has 1 atom stereocenters. The van der Waals surface area contributed by atoms with Crippen LogP contribution in [0.4, 0.5) is 0 Å². The number of hydrogen-bond acceptors (Lipinski definition) is 2. The van der Waals surface area contributed by atoms with E-state index in [0.717, 1.165) is 18.5 Å². The van der Waals surface area contributed by atoms with E-state index in [2.05, 4.69) is 11.8 Å². The van der Waals surface area contributed by atoms with Crippen LogP contribution in [-0.4, -0.2) is 30.1 Å². The molecule has 0 radical (unpaired) electrons. The fraction of sp³-hybridized carbons (Fsp3) is 1.00. The molecule has 0 saturated heterocycles. The molecule has 2 N–H and O–H groups in total. The minimum atomic E-state index is 0. The van der Waals surface area contributed by atoms with Crippen molar-refractivity contribution in [2.24, 2.45) is 11.7 Å². The predicted octanol–water partition coefficient (Wildman–Crippen LogP) is 2.80. The molecule has 3 heteroatoms. The third-order valence-electron chi connectivity index (χ3n) is 3.80. The van der Waals surface area contributed by atoms with Gasteiger partial charge in [0.2, 0.25) is 0 Å². The summed E-state index contributed by atoms with van der Waals surface area (Å²) in [5.74, 6) is 1.01. The Morgan fingerprint density at radius 1 is 1.12 bits per heavy atom. The van der Waals surface area contributed by atoms with Gasteiger partial charge in [-0.05, 0) is 38.5 Å². The van der Waals surface area contributed by atoms with Crippen LogP contribution in [0.3, 0.4) is 0 Å². The Hall–Kier alpha value is 0.210. The van der Waals surface area contributed by atoms with E-state index in [1.54, 1.807) is 0 Å². The van der Waals surface area contributed by atoms with Gasteiger partial charge in [0.25, 0.3) is 0 Å². The van der Waals surface area contributed by atoms with Crippen molar-refractivity contribution in [3.63, 3.8) is 0 Å². The Labute approximate surface area is 106 Å². The van der Waals surface area contributed by atoms with Crippen molar-refractivity contribution in [2.45, 2.75) is 64.0 Å². The standard InChI is InChI=1S/C13H26N2.ClH/c1-11(14)9-15(10-12-7-8-12)13-5-3-2-4-6-13;/h11-13H,2-10,14H2,1H3;1H. The number of halogens is 1. The van der Waals surface area contributed by atoms with Crippen LogP contribution in [0, 0.1) is 5.92 Å². The lowest BCUT2D eigenvalue weighted by atomic mass is 9.93. The third-order valence-corrected chi connectivity index (χ3v) is 3.80. The Balaban J connectivity index is 0.00000128. The first-order valence-corrected chi connectivity index (χ1v) is 6.75. The summed E-state index contributed by atoms with van der Waals surface area (Å²) in [6.45, 7) is 4.58. The van der Waals surface area contributed by atoms with Gasteiger partial charge < -0.3 is 5.73 Å². The molecule has 2 fully saturated rings. The molecule has 0 spiro atoms. The molecule has 0 bridgehead atoms. The van der Waals surface area contributed by atoms with E-state index in [9.17, 15) is 0 Å². The highest BCUT2D eigenvalue weighted by molar-refractivity contribution is 5.85. The van der Waals surface area contributed by atoms with Crippen LogP contribution in [0.1, 0.15) is 51.9 Å². The minimum absolute atomic E-state index is 0. The van der Waals surface area contributed by atoms with Gasteiger partial charge in [-0.3, -0.25) is 4.90 Å². The van der Waals surface area contributed by atoms with Crippen molar-refractivity contribution < 1.29 is 0 Å². The van der Waals surface area contributed by atoms with E-state index in [1.807, 2.05) is 0 Å². The summed E-state index contributed by atoms with van der Waals surface area (Å²) < 4.78 is 0. The molecule has 1 unspecified atom stereocenters. The Morgan fingerprint density at radius 3 is 2.25 bits per heavy atom. The molecular formula is C13H27ClN2. The number of nitrogens with two attached hydrogens (primary N) is 1. The molecule has 2 aliphatic carbocycles. The summed E-state index contributed by atoms with van der Waals surface area (Å²) >= 11 is 0. The first-order chi connectivity index (χ1) is 7.25. The largest absolute Gasteiger partial charge is 0.327 e. The molecule has 2 rings (SSSR count). The first-order valence-electron chi connectivity index (χ1n) is 6.75. The van der Waals surface area contributed by atoms with Crippen LogP contribution in [-0.2, 0) is 0 Å². The lowest BCUT2D eigenvalue weighted by Gasteiger charge is -2.35. The number of rotatable bonds is 5. The van der Waals surface area contributed by atoms with Gasteiger partial charge in [-0.2, -0.15) is 0 Å². The maximum absolute atomic E-state index is 5.95. The lowest BCUT2D eigenvalue weighted by Crippen LogP contribution is -2.44. The van der Waals surface area contributed by atoms with Crippen molar-refractivity contribution in [3.8, 4) is 0 Å². The van der Waals surface area contributed by atoms with Gasteiger partial charge in [0, 0.05) is 25.2 Å². The van der Waals surface area contributed by atoms with Crippen molar-refractivity contribution in [3.05, 3.63) is 0 Å². The number of hydrogen-bond donors (Lipinski definition) is 1. The van der Waals surface area contributed by atoms with Gasteiger partial charge in [0.15, 0.2) is 0 Å². The smallest absolute Gasteiger partial charge is 0.0139 e. The zero-order valence-electron chi connectivity index (χ0n) is 10.5. The number of nitrogens with zero attached hydrogens (tertiary/aromatic N) is 1. The molecule has 2 aliphatic rings. The molecule has 0 heterocycles. The van der Waals surface area contributed by atoms with Crippen LogP contribution >= 0.6 is 12.4 Å². The summed E-state index contributed by atoms with van der Waals surface area (Å²) in [7, 11) is 0. The summed E-state index contributed by atoms with van der Waals surface area (Å²) in [4.78, 5) is 2.70. The zero-order valence-corrected chi connectivity index (χ0v) is 11.3. The molecule has 96 valence electrons. The molecule has 0 amide bonds. The fourth-order valence-electron chi connectivity index (χ4n) is 2.82. The van der Waals surface area contributed by atoms with E-state index in [-0.39, 0.29) is 12.4 Å². The Kier molecular flexibility index (Phi) is 6.09. The van der Waals surface area contributed by atoms with Crippen molar-refractivity contribution >= 4 is 12.4 Å². The Bertz CT molecular complexity index is 182. The van der Waals surface area contributed by atoms with Crippen LogP contribution in [0.2, 0.25) is 0 Å². The van der Waals surface area contributed by atoms with E-state index in [0.29, 0.717) is 6.04 Å². The van der Waals surface area contributed by atoms with Gasteiger partial charge in [-0.1, -0.05) is 19.3 Å². The highest BCUT2D eigenvalue weighted by atomic mass is 35.5. The molecular weight excluding hydrogens is 220 g/mol. The maximum Gasteiger partial charge on any atom is 0.0139 e. The molecule has 2 nitrogen and oxygen atoms in total. The van der Waals surface area contributed by atoms with Crippen LogP contribution < -0.4 is 5.73 Å². The second kappa shape index (κ2) is 6.83. The van der Waals surface area contributed by atoms with Crippen LogP contribution in [0.15, 0.2) is 0 Å². The molecule has 0 aromatic carbocycles. The topological polar surface area (TPSA) is 29.3 Å². The minimum Gasteiger partial charge on any atom is -0.327 e. The molecule has 2 saturated carbocycles. The SMILES string of the molecule is CC(N)CN(CC1CC1)C1CCCCC1.Cl. The van der Waals surface area contributed by atoms with E-state index < -0.39 is 0 Å². The summed E-state index contributed by atoms with van der Waals surface area (Å²) in [5, 5.41) is 0. The molecule has 0 aliphatic heterocycles.